The number of ether oxygens (including phenoxy) is 1. The summed E-state index contributed by atoms with van der Waals surface area (Å²) in [6.07, 6.45) is -0.552. The van der Waals surface area contributed by atoms with Gasteiger partial charge in [0.05, 0.1) is 23.9 Å². The first-order valence-electron chi connectivity index (χ1n) is 8.26. The molecule has 2 fully saturated rings. The standard InChI is InChI=1S/C16H23N3O5S/c1-7(20)10-11-13(24-3)14(12(16(22)23)19(11)15(10)21)25-9-4-5-18(6-9)8(2)17/h7,9-11,13,17,20H,4-6H2,1-3H3,(H,22,23)/t7-,9+,10-,11-,13?/m1/s1. The van der Waals surface area contributed by atoms with Crippen molar-refractivity contribution in [1.82, 2.24) is 9.80 Å². The zero-order valence-corrected chi connectivity index (χ0v) is 15.2. The largest absolute Gasteiger partial charge is 0.477 e. The van der Waals surface area contributed by atoms with E-state index in [9.17, 15) is 19.8 Å². The number of hydrogen-bond acceptors (Lipinski definition) is 6. The number of aliphatic hydroxyl groups is 1. The minimum absolute atomic E-state index is 0.0197. The van der Waals surface area contributed by atoms with Crippen LogP contribution < -0.4 is 0 Å². The average molecular weight is 369 g/mol. The third-order valence-electron chi connectivity index (χ3n) is 5.12. The van der Waals surface area contributed by atoms with Gasteiger partial charge in [0.25, 0.3) is 0 Å². The van der Waals surface area contributed by atoms with Gasteiger partial charge in [-0.25, -0.2) is 4.79 Å². The number of nitrogens with one attached hydrogen (secondary N) is 1. The van der Waals surface area contributed by atoms with Crippen LogP contribution in [0.3, 0.4) is 0 Å². The summed E-state index contributed by atoms with van der Waals surface area (Å²) >= 11 is 1.43. The molecule has 0 bridgehead atoms. The molecule has 2 saturated heterocycles. The molecule has 3 rings (SSSR count). The van der Waals surface area contributed by atoms with Gasteiger partial charge in [0.2, 0.25) is 5.91 Å². The van der Waals surface area contributed by atoms with Gasteiger partial charge in [0.1, 0.15) is 11.8 Å². The number of nitrogens with zero attached hydrogens (tertiary/aromatic N) is 2. The highest BCUT2D eigenvalue weighted by Crippen LogP contribution is 2.49. The second kappa shape index (κ2) is 6.62. The van der Waals surface area contributed by atoms with Crippen molar-refractivity contribution in [3.05, 3.63) is 10.6 Å². The van der Waals surface area contributed by atoms with Crippen LogP contribution in [0.2, 0.25) is 0 Å². The van der Waals surface area contributed by atoms with Gasteiger partial charge in [-0.2, -0.15) is 0 Å². The van der Waals surface area contributed by atoms with Gasteiger partial charge in [0, 0.05) is 30.4 Å². The number of aliphatic hydroxyl groups excluding tert-OH is 1. The summed E-state index contributed by atoms with van der Waals surface area (Å²) in [5.74, 6) is -1.65. The molecule has 138 valence electrons. The van der Waals surface area contributed by atoms with Crippen LogP contribution in [0.5, 0.6) is 0 Å². The number of methoxy groups -OCH3 is 1. The lowest BCUT2D eigenvalue weighted by atomic mass is 9.82. The van der Waals surface area contributed by atoms with E-state index in [0.717, 1.165) is 13.0 Å². The Morgan fingerprint density at radius 1 is 1.48 bits per heavy atom. The van der Waals surface area contributed by atoms with Gasteiger partial charge in [-0.15, -0.1) is 11.8 Å². The van der Waals surface area contributed by atoms with Crippen LogP contribution in [0.25, 0.3) is 0 Å². The summed E-state index contributed by atoms with van der Waals surface area (Å²) in [5.41, 5.74) is -0.0197. The van der Waals surface area contributed by atoms with Crippen LogP contribution in [0.15, 0.2) is 10.6 Å². The second-order valence-corrected chi connectivity index (χ2v) is 8.04. The fourth-order valence-electron chi connectivity index (χ4n) is 3.90. The van der Waals surface area contributed by atoms with E-state index in [1.54, 1.807) is 13.8 Å². The maximum absolute atomic E-state index is 12.4. The third kappa shape index (κ3) is 2.84. The number of carbonyl (C=O) groups is 2. The highest BCUT2D eigenvalue weighted by molar-refractivity contribution is 8.03. The van der Waals surface area contributed by atoms with Crippen LogP contribution in [-0.4, -0.2) is 81.4 Å². The number of thioether (sulfide) groups is 1. The Morgan fingerprint density at radius 3 is 2.64 bits per heavy atom. The molecule has 3 aliphatic heterocycles. The molecule has 25 heavy (non-hydrogen) atoms. The fraction of sp³-hybridized carbons (Fsp3) is 0.688. The average Bonchev–Trinajstić information content (AvgIpc) is 3.08. The molecular formula is C16H23N3O5S. The summed E-state index contributed by atoms with van der Waals surface area (Å²) < 4.78 is 5.55. The predicted molar refractivity (Wildman–Crippen MR) is 92.2 cm³/mol. The summed E-state index contributed by atoms with van der Waals surface area (Å²) in [7, 11) is 1.50. The molecule has 3 heterocycles. The normalized spacial score (nSPS) is 32.7. The Bertz CT molecular complexity index is 650. The number of amides is 1. The number of β-lactam (4-membered cyclic amide) rings is 1. The smallest absolute Gasteiger partial charge is 0.353 e. The number of likely N-dealkylation sites (tertiary alicyclic amines) is 1. The molecule has 9 heteroatoms. The number of amidine groups is 1. The molecule has 3 aliphatic rings. The minimum Gasteiger partial charge on any atom is -0.477 e. The van der Waals surface area contributed by atoms with E-state index in [-0.39, 0.29) is 16.9 Å². The van der Waals surface area contributed by atoms with Gasteiger partial charge in [0.15, 0.2) is 0 Å². The topological polar surface area (TPSA) is 114 Å². The van der Waals surface area contributed by atoms with Crippen molar-refractivity contribution in [3.63, 3.8) is 0 Å². The molecular weight excluding hydrogens is 346 g/mol. The first-order valence-corrected chi connectivity index (χ1v) is 9.14. The predicted octanol–water partition coefficient (Wildman–Crippen LogP) is 0.324. The Balaban J connectivity index is 1.87. The number of carboxylic acid groups (broad SMARTS) is 1. The molecule has 0 saturated carbocycles. The van der Waals surface area contributed by atoms with Crippen molar-refractivity contribution in [2.75, 3.05) is 20.2 Å². The van der Waals surface area contributed by atoms with E-state index < -0.39 is 30.1 Å². The van der Waals surface area contributed by atoms with Gasteiger partial charge >= 0.3 is 5.97 Å². The van der Waals surface area contributed by atoms with Crippen molar-refractivity contribution in [2.24, 2.45) is 5.92 Å². The van der Waals surface area contributed by atoms with Crippen molar-refractivity contribution < 1.29 is 24.5 Å². The highest BCUT2D eigenvalue weighted by atomic mass is 32.2. The Labute approximate surface area is 150 Å². The number of carbonyl (C=O) groups excluding carboxylic acids is 1. The van der Waals surface area contributed by atoms with E-state index in [1.165, 1.54) is 23.8 Å². The number of fused-ring (bicyclic) bond motifs is 1. The monoisotopic (exact) mass is 369 g/mol. The first kappa shape index (κ1) is 18.2. The quantitative estimate of drug-likeness (QED) is 0.363. The lowest BCUT2D eigenvalue weighted by Crippen LogP contribution is -2.65. The zero-order chi connectivity index (χ0) is 18.5. The molecule has 1 amide bonds. The molecule has 0 spiro atoms. The molecule has 0 aliphatic carbocycles. The third-order valence-corrected chi connectivity index (χ3v) is 6.52. The summed E-state index contributed by atoms with van der Waals surface area (Å²) in [5, 5.41) is 27.4. The molecule has 0 radical (unpaired) electrons. The van der Waals surface area contributed by atoms with E-state index in [2.05, 4.69) is 0 Å². The maximum atomic E-state index is 12.4. The van der Waals surface area contributed by atoms with Crippen molar-refractivity contribution in [1.29, 1.82) is 5.41 Å². The molecule has 3 N–H and O–H groups in total. The van der Waals surface area contributed by atoms with Crippen LogP contribution in [0.4, 0.5) is 0 Å². The summed E-state index contributed by atoms with van der Waals surface area (Å²) in [6.45, 7) is 4.72. The van der Waals surface area contributed by atoms with E-state index in [1.807, 2.05) is 4.90 Å². The maximum Gasteiger partial charge on any atom is 0.353 e. The molecule has 0 aromatic carbocycles. The lowest BCUT2D eigenvalue weighted by molar-refractivity contribution is -0.166. The van der Waals surface area contributed by atoms with Crippen LogP contribution in [0, 0.1) is 11.3 Å². The number of carboxylic acids is 1. The summed E-state index contributed by atoms with van der Waals surface area (Å²) in [4.78, 5) is 27.9. The summed E-state index contributed by atoms with van der Waals surface area (Å²) in [6, 6.07) is -0.465. The second-order valence-electron chi connectivity index (χ2n) is 6.70. The van der Waals surface area contributed by atoms with Gasteiger partial charge in [-0.05, 0) is 20.3 Å². The molecule has 1 unspecified atom stereocenters. The highest BCUT2D eigenvalue weighted by Gasteiger charge is 2.62. The Kier molecular flexibility index (Phi) is 4.82. The van der Waals surface area contributed by atoms with Gasteiger partial charge in [-0.3, -0.25) is 15.1 Å². The number of aliphatic carboxylic acids is 1. The molecule has 8 nitrogen and oxygen atoms in total. The molecule has 0 aromatic heterocycles. The SMILES string of the molecule is COC1C(S[C@H]2CCN(C(C)=N)C2)=C(C(=O)O)N2C(=O)[C@H]([C@@H](C)O)[C@H]12. The van der Waals surface area contributed by atoms with Crippen molar-refractivity contribution >= 4 is 29.5 Å². The van der Waals surface area contributed by atoms with Crippen molar-refractivity contribution in [3.8, 4) is 0 Å². The van der Waals surface area contributed by atoms with Gasteiger partial charge in [-0.1, -0.05) is 0 Å². The van der Waals surface area contributed by atoms with Crippen LogP contribution in [0.1, 0.15) is 20.3 Å². The fourth-order valence-corrected chi connectivity index (χ4v) is 5.41. The first-order chi connectivity index (χ1) is 11.8. The Morgan fingerprint density at radius 2 is 2.16 bits per heavy atom. The lowest BCUT2D eigenvalue weighted by Gasteiger charge is -2.46. The zero-order valence-electron chi connectivity index (χ0n) is 14.4. The molecule has 0 aromatic rings. The molecule has 5 atom stereocenters. The van der Waals surface area contributed by atoms with E-state index >= 15 is 0 Å². The number of rotatable bonds is 5. The number of hydrogen-bond donors (Lipinski definition) is 3. The van der Waals surface area contributed by atoms with Crippen molar-refractivity contribution in [2.45, 2.75) is 43.8 Å². The van der Waals surface area contributed by atoms with Crippen LogP contribution >= 0.6 is 11.8 Å². The minimum atomic E-state index is -1.15. The van der Waals surface area contributed by atoms with E-state index in [4.69, 9.17) is 10.1 Å². The Hall–Kier alpha value is -1.58. The van der Waals surface area contributed by atoms with E-state index in [0.29, 0.717) is 17.3 Å². The van der Waals surface area contributed by atoms with Crippen LogP contribution in [-0.2, 0) is 14.3 Å². The van der Waals surface area contributed by atoms with Gasteiger partial charge < -0.3 is 19.8 Å².